The Morgan fingerprint density at radius 2 is 2.00 bits per heavy atom. The topological polar surface area (TPSA) is 81.2 Å². The summed E-state index contributed by atoms with van der Waals surface area (Å²) < 4.78 is 5.27. The van der Waals surface area contributed by atoms with Gasteiger partial charge in [0, 0.05) is 31.3 Å². The van der Waals surface area contributed by atoms with Crippen LogP contribution in [0.2, 0.25) is 0 Å². The van der Waals surface area contributed by atoms with Gasteiger partial charge in [0.25, 0.3) is 0 Å². The molecule has 5 rings (SSSR count). The van der Waals surface area contributed by atoms with Crippen LogP contribution in [0.4, 0.5) is 0 Å². The molecule has 0 bridgehead atoms. The van der Waals surface area contributed by atoms with Gasteiger partial charge in [-0.2, -0.15) is 5.10 Å². The second kappa shape index (κ2) is 8.78. The summed E-state index contributed by atoms with van der Waals surface area (Å²) in [6, 6.07) is 9.10. The minimum Gasteiger partial charge on any atom is -0.497 e. The number of rotatable bonds is 6. The predicted octanol–water partition coefficient (Wildman–Crippen LogP) is 2.57. The van der Waals surface area contributed by atoms with Crippen LogP contribution >= 0.6 is 0 Å². The molecule has 1 saturated heterocycles. The Hall–Kier alpha value is -2.74. The molecule has 0 spiro atoms. The van der Waals surface area contributed by atoms with Crippen molar-refractivity contribution in [1.82, 2.24) is 26.1 Å². The van der Waals surface area contributed by atoms with Gasteiger partial charge in [-0.1, -0.05) is 31.4 Å². The molecule has 1 aliphatic carbocycles. The number of nitrogens with one attached hydrogen (secondary N) is 3. The smallest absolute Gasteiger partial charge is 0.220 e. The third kappa shape index (κ3) is 4.21. The SMILES string of the molecule is COc1ccc(C2CC3C4NN=C(CCC(=O)NC5CCCCC5)N4C=CN3N2)cc1. The molecule has 31 heavy (non-hydrogen) atoms. The lowest BCUT2D eigenvalue weighted by atomic mass is 9.95. The Balaban J connectivity index is 1.15. The number of hydrogen-bond acceptors (Lipinski definition) is 7. The molecular weight excluding hydrogens is 392 g/mol. The number of hydrogen-bond donors (Lipinski definition) is 3. The first-order valence-corrected chi connectivity index (χ1v) is 11.5. The van der Waals surface area contributed by atoms with Gasteiger partial charge < -0.3 is 20.0 Å². The fourth-order valence-electron chi connectivity index (χ4n) is 5.14. The first-order valence-electron chi connectivity index (χ1n) is 11.5. The van der Waals surface area contributed by atoms with E-state index in [0.717, 1.165) is 30.8 Å². The van der Waals surface area contributed by atoms with E-state index in [1.54, 1.807) is 7.11 Å². The molecule has 1 aromatic carbocycles. The highest BCUT2D eigenvalue weighted by molar-refractivity contribution is 5.89. The molecule has 1 aromatic rings. The lowest BCUT2D eigenvalue weighted by molar-refractivity contribution is -0.121. The fourth-order valence-corrected chi connectivity index (χ4v) is 5.14. The van der Waals surface area contributed by atoms with Crippen molar-refractivity contribution < 1.29 is 9.53 Å². The average Bonchev–Trinajstić information content (AvgIpc) is 3.42. The van der Waals surface area contributed by atoms with Crippen LogP contribution in [-0.2, 0) is 4.79 Å². The van der Waals surface area contributed by atoms with Crippen molar-refractivity contribution in [2.45, 2.75) is 75.7 Å². The van der Waals surface area contributed by atoms with Gasteiger partial charge in [-0.25, -0.2) is 5.43 Å². The number of benzene rings is 1. The zero-order valence-corrected chi connectivity index (χ0v) is 18.1. The van der Waals surface area contributed by atoms with Crippen molar-refractivity contribution in [3.05, 3.63) is 42.2 Å². The molecule has 1 amide bonds. The summed E-state index contributed by atoms with van der Waals surface area (Å²) in [5, 5.41) is 9.95. The number of hydrazone groups is 1. The van der Waals surface area contributed by atoms with E-state index >= 15 is 0 Å². The van der Waals surface area contributed by atoms with Gasteiger partial charge in [0.15, 0.2) is 0 Å². The summed E-state index contributed by atoms with van der Waals surface area (Å²) in [7, 11) is 1.69. The third-order valence-corrected chi connectivity index (χ3v) is 6.88. The van der Waals surface area contributed by atoms with Crippen LogP contribution in [0.25, 0.3) is 0 Å². The Labute approximate surface area is 183 Å². The Bertz CT molecular complexity index is 848. The molecule has 8 heteroatoms. The molecular formula is C23H32N6O2. The highest BCUT2D eigenvalue weighted by Crippen LogP contribution is 2.34. The average molecular weight is 425 g/mol. The standard InChI is InChI=1S/C23H32N6O2/c1-31-18-9-7-16(8-10-18)19-15-20-23-26-25-21(28(23)13-14-29(20)27-19)11-12-22(30)24-17-5-3-2-4-6-17/h7-10,13-14,17,19-20,23,26-27H,2-6,11-12,15H2,1H3,(H,24,30). The van der Waals surface area contributed by atoms with E-state index in [-0.39, 0.29) is 24.2 Å². The largest absolute Gasteiger partial charge is 0.497 e. The van der Waals surface area contributed by atoms with Gasteiger partial charge in [-0.15, -0.1) is 0 Å². The first kappa shape index (κ1) is 20.2. The molecule has 4 aliphatic rings. The van der Waals surface area contributed by atoms with Crippen LogP contribution < -0.4 is 20.9 Å². The van der Waals surface area contributed by atoms with Crippen LogP contribution in [0.1, 0.15) is 63.0 Å². The van der Waals surface area contributed by atoms with Crippen molar-refractivity contribution in [3.8, 4) is 5.75 Å². The summed E-state index contributed by atoms with van der Waals surface area (Å²) >= 11 is 0. The van der Waals surface area contributed by atoms with E-state index < -0.39 is 0 Å². The van der Waals surface area contributed by atoms with E-state index in [9.17, 15) is 4.79 Å². The zero-order valence-electron chi connectivity index (χ0n) is 18.1. The minimum absolute atomic E-state index is 0.0807. The number of carbonyl (C=O) groups excluding carboxylic acids is 1. The summed E-state index contributed by atoms with van der Waals surface area (Å²) in [5.74, 6) is 1.95. The monoisotopic (exact) mass is 424 g/mol. The fraction of sp³-hybridized carbons (Fsp3) is 0.565. The van der Waals surface area contributed by atoms with Gasteiger partial charge >= 0.3 is 0 Å². The number of methoxy groups -OCH3 is 1. The molecule has 3 unspecified atom stereocenters. The van der Waals surface area contributed by atoms with Crippen molar-refractivity contribution in [2.24, 2.45) is 5.10 Å². The quantitative estimate of drug-likeness (QED) is 0.651. The Morgan fingerprint density at radius 1 is 1.19 bits per heavy atom. The van der Waals surface area contributed by atoms with Crippen LogP contribution in [-0.4, -0.2) is 47.0 Å². The second-order valence-electron chi connectivity index (χ2n) is 8.87. The number of carbonyl (C=O) groups is 1. The molecule has 2 fully saturated rings. The molecule has 166 valence electrons. The van der Waals surface area contributed by atoms with E-state index in [1.807, 2.05) is 12.1 Å². The van der Waals surface area contributed by atoms with Gasteiger partial charge in [-0.3, -0.25) is 10.2 Å². The first-order chi connectivity index (χ1) is 15.2. The number of ether oxygens (including phenoxy) is 1. The second-order valence-corrected chi connectivity index (χ2v) is 8.87. The summed E-state index contributed by atoms with van der Waals surface area (Å²) in [6.07, 6.45) is 12.3. The minimum atomic E-state index is 0.0807. The summed E-state index contributed by atoms with van der Waals surface area (Å²) in [4.78, 5) is 14.6. The van der Waals surface area contributed by atoms with Crippen LogP contribution in [0.15, 0.2) is 41.8 Å². The third-order valence-electron chi connectivity index (χ3n) is 6.88. The van der Waals surface area contributed by atoms with E-state index in [2.05, 4.69) is 55.7 Å². The molecule has 8 nitrogen and oxygen atoms in total. The van der Waals surface area contributed by atoms with Crippen molar-refractivity contribution in [1.29, 1.82) is 0 Å². The number of fused-ring (bicyclic) bond motifs is 3. The number of amides is 1. The summed E-state index contributed by atoms with van der Waals surface area (Å²) in [6.45, 7) is 0. The van der Waals surface area contributed by atoms with E-state index in [4.69, 9.17) is 4.74 Å². The van der Waals surface area contributed by atoms with E-state index in [1.165, 1.54) is 24.8 Å². The molecule has 3 aliphatic heterocycles. The Kier molecular flexibility index (Phi) is 5.72. The lowest BCUT2D eigenvalue weighted by Crippen LogP contribution is -2.54. The van der Waals surface area contributed by atoms with E-state index in [0.29, 0.717) is 18.9 Å². The van der Waals surface area contributed by atoms with Gasteiger partial charge in [0.05, 0.1) is 19.2 Å². The van der Waals surface area contributed by atoms with Gasteiger partial charge in [0.2, 0.25) is 5.91 Å². The van der Waals surface area contributed by atoms with Crippen LogP contribution in [0.5, 0.6) is 5.75 Å². The molecule has 0 radical (unpaired) electrons. The zero-order chi connectivity index (χ0) is 21.2. The maximum Gasteiger partial charge on any atom is 0.220 e. The number of amidine groups is 1. The predicted molar refractivity (Wildman–Crippen MR) is 119 cm³/mol. The molecule has 3 atom stereocenters. The van der Waals surface area contributed by atoms with Gasteiger partial charge in [-0.05, 0) is 37.0 Å². The Morgan fingerprint density at radius 3 is 2.77 bits per heavy atom. The van der Waals surface area contributed by atoms with Crippen molar-refractivity contribution >= 4 is 11.7 Å². The molecule has 3 N–H and O–H groups in total. The highest BCUT2D eigenvalue weighted by atomic mass is 16.5. The van der Waals surface area contributed by atoms with Crippen molar-refractivity contribution in [2.75, 3.05) is 7.11 Å². The number of nitrogens with zero attached hydrogens (tertiary/aromatic N) is 3. The highest BCUT2D eigenvalue weighted by Gasteiger charge is 2.44. The molecule has 3 heterocycles. The maximum absolute atomic E-state index is 12.4. The van der Waals surface area contributed by atoms with Gasteiger partial charge in [0.1, 0.15) is 17.8 Å². The molecule has 0 aromatic heterocycles. The van der Waals surface area contributed by atoms with Crippen molar-refractivity contribution in [3.63, 3.8) is 0 Å². The van der Waals surface area contributed by atoms with Crippen LogP contribution in [0, 0.1) is 0 Å². The lowest BCUT2D eigenvalue weighted by Gasteiger charge is -2.37. The number of hydrazine groups is 1. The maximum atomic E-state index is 12.4. The van der Waals surface area contributed by atoms with Crippen LogP contribution in [0.3, 0.4) is 0 Å². The summed E-state index contributed by atoms with van der Waals surface area (Å²) in [5.41, 5.74) is 8.14. The normalized spacial score (nSPS) is 27.4. The molecule has 1 saturated carbocycles.